The first-order valence-electron chi connectivity index (χ1n) is 13.1. The fourth-order valence-electron chi connectivity index (χ4n) is 3.48. The molecular weight excluding hydrogens is 3310 g/mol. The topological polar surface area (TPSA) is 1800 Å². The quantitative estimate of drug-likeness (QED) is 0.153. The molecule has 0 atom stereocenters. The Morgan fingerprint density at radius 2 is 0.161 bits per heavy atom. The normalized spacial score (nSPS) is 3.95. The van der Waals surface area contributed by atoms with Crippen LogP contribution in [-0.2, 0) is 682 Å². The summed E-state index contributed by atoms with van der Waals surface area (Å²) in [5.41, 5.74) is 7.35. The first-order valence-corrected chi connectivity index (χ1v) is 19.3. The molecule has 0 spiro atoms. The van der Waals surface area contributed by atoms with Gasteiger partial charge >= 0.3 is 61.1 Å². The van der Waals surface area contributed by atoms with Crippen LogP contribution in [0.25, 0.3) is 33.4 Å². The fourth-order valence-corrected chi connectivity index (χ4v) is 3.48. The number of rotatable bonds is 3. The molecule has 0 aliphatic rings. The summed E-state index contributed by atoms with van der Waals surface area (Å²) in [5, 5.41) is 0. The Bertz CT molecular complexity index is 1550. The van der Waals surface area contributed by atoms with Crippen molar-refractivity contribution in [1.29, 1.82) is 0 Å². The molecule has 0 aliphatic carbocycles. The molecule has 0 amide bonds. The molecule has 0 saturated carbocycles. The summed E-state index contributed by atoms with van der Waals surface area (Å²) in [6, 6.07) is 24.6. The van der Waals surface area contributed by atoms with E-state index in [9.17, 15) is 0 Å². The predicted molar refractivity (Wildman–Crippen MR) is 185 cm³/mol. The zero-order chi connectivity index (χ0) is 33.7. The van der Waals surface area contributed by atoms with Gasteiger partial charge in [0.15, 0.2) is 74.4 Å². The van der Waals surface area contributed by atoms with Gasteiger partial charge in [-0.1, -0.05) is 0 Å². The van der Waals surface area contributed by atoms with Gasteiger partial charge in [0, 0.05) is 452 Å². The molecule has 0 radical (unpaired) electrons. The summed E-state index contributed by atoms with van der Waals surface area (Å²) in [7, 11) is 0. The van der Waals surface area contributed by atoms with Crippen LogP contribution in [0.1, 0.15) is 0 Å². The molecule has 6 rings (SSSR count). The average Bonchev–Trinajstić information content (AvgIpc) is 3.06. The standard InChI is InChI=1S/3C10H8N2.2AsH3O4.18Mo.54O/c3*1-5-11-6-2-9(1)10-3-7-12-8-4-10;2*2-1(3,4)5;;;;;;;;;;;;;;;;;;;;;;;;;;;;;;;;;;;;;;;;;;;;;;;;;;;;;;;;;;;;;;;;;;;;;;;;/h3*1-8H;2*(H3,2,3,4,5);;;;;;;;;;;;;;;;;;;;;;;;;;;;;;;;;;;;;;;;;;;;;;;;;;;;;;;;;;;;;;;;;;;;;;;;/q;;;;;;;;;;;;;;;;;;;;;;;54*-2. The summed E-state index contributed by atoms with van der Waals surface area (Å²) in [6.07, 6.45) is 23.1. The molecule has 0 aromatic carbocycles. The van der Waals surface area contributed by atoms with E-state index in [4.69, 9.17) is 32.1 Å². The van der Waals surface area contributed by atoms with Crippen molar-refractivity contribution in [1.82, 2.24) is 0 Å². The molecule has 0 aliphatic heterocycles. The Labute approximate surface area is 933 Å². The maximum absolute atomic E-state index is 8.61. The van der Waals surface area contributed by atoms with Crippen LogP contribution in [0.15, 0.2) is 147 Å². The van der Waals surface area contributed by atoms with Gasteiger partial charge in [-0.05, 0) is 33.4 Å². The Morgan fingerprint density at radius 1 is 0.127 bits per heavy atom. The van der Waals surface area contributed by atoms with E-state index in [0.29, 0.717) is 0 Å². The third kappa shape index (κ3) is 411. The minimum Gasteiger partial charge on any atom is -2.00 e. The second-order valence-electron chi connectivity index (χ2n) is 8.63. The Hall–Kier alpha value is 5.61. The van der Waals surface area contributed by atoms with E-state index in [1.165, 1.54) is 33.4 Å². The molecular formula is C30H30As2Mo18N6O62-108. The number of aromatic nitrogens is 6. The van der Waals surface area contributed by atoms with Crippen molar-refractivity contribution in [2.75, 3.05) is 0 Å². The minimum atomic E-state index is -5.88. The molecule has 118 heavy (non-hydrogen) atoms. The first kappa shape index (κ1) is 671. The number of hydrogen-bond donors (Lipinski definition) is 0. The van der Waals surface area contributed by atoms with Gasteiger partial charge in [-0.15, -0.1) is 0 Å². The smallest absolute Gasteiger partial charge is 0.167 e. The average molecular weight is 3340 g/mol. The van der Waals surface area contributed by atoms with Crippen molar-refractivity contribution < 1.29 is 737 Å². The van der Waals surface area contributed by atoms with Crippen LogP contribution in [0.5, 0.6) is 0 Å². The molecule has 6 aromatic rings. The number of pyridine rings is 6. The number of aromatic amines is 6. The molecule has 6 N–H and O–H groups in total. The van der Waals surface area contributed by atoms with Crippen molar-refractivity contribution in [3.05, 3.63) is 147 Å². The monoisotopic (exact) mass is 3380 g/mol. The van der Waals surface area contributed by atoms with Gasteiger partial charge in [-0.25, -0.2) is 29.9 Å². The van der Waals surface area contributed by atoms with E-state index in [-0.39, 0.29) is 675 Å². The van der Waals surface area contributed by atoms with Crippen molar-refractivity contribution in [2.24, 2.45) is 0 Å². The van der Waals surface area contributed by atoms with Crippen LogP contribution in [-0.4, -0.2) is 29.0 Å². The molecule has 0 saturated heterocycles. The summed E-state index contributed by atoms with van der Waals surface area (Å²) < 4.78 is 68.9. The molecule has 0 unspecified atom stereocenters. The minimum absolute atomic E-state index is 0. The van der Waals surface area contributed by atoms with Crippen LogP contribution < -0.4 is 54.5 Å². The van der Waals surface area contributed by atoms with Gasteiger partial charge in [-0.2, -0.15) is 0 Å². The van der Waals surface area contributed by atoms with E-state index in [1.54, 1.807) is 0 Å². The van der Waals surface area contributed by atoms with E-state index < -0.39 is 29.0 Å². The van der Waals surface area contributed by atoms with E-state index in [1.807, 2.05) is 74.4 Å². The number of hydrogen-bond acceptors (Lipinski definition) is 8. The van der Waals surface area contributed by atoms with Gasteiger partial charge in [0.25, 0.3) is 0 Å². The van der Waals surface area contributed by atoms with E-state index >= 15 is 0 Å². The zero-order valence-electron chi connectivity index (χ0n) is 53.4. The maximum atomic E-state index is 8.61. The zero-order valence-corrected chi connectivity index (χ0v) is 93.3. The van der Waals surface area contributed by atoms with Crippen molar-refractivity contribution >= 4 is 29.0 Å². The molecule has 68 nitrogen and oxygen atoms in total. The number of H-pyrrole nitrogens is 6. The van der Waals surface area contributed by atoms with Gasteiger partial charge in [0.2, 0.25) is 0 Å². The second kappa shape index (κ2) is 421. The fraction of sp³-hybridized carbons (Fsp3) is 0. The Balaban J connectivity index is -0.00000000299. The van der Waals surface area contributed by atoms with Crippen LogP contribution in [0, 0.1) is 0 Å². The summed E-state index contributed by atoms with van der Waals surface area (Å²) in [5.74, 6) is 0. The SMILES string of the molecule is O=[As]([O-])([O-])[O-].O=[As]([O-])([O-])[O-].[Mo].[Mo].[Mo].[Mo].[Mo].[Mo].[Mo].[Mo].[Mo].[Mo].[Mo].[Mo].[Mo].[Mo].[Mo].[Mo].[Mo].[Mo].[O-2].[O-2].[O-2].[O-2].[O-2].[O-2].[O-2].[O-2].[O-2].[O-2].[O-2].[O-2].[O-2].[O-2].[O-2].[O-2].[O-2].[O-2].[O-2].[O-2].[O-2].[O-2].[O-2].[O-2].[O-2].[O-2].[O-2].[O-2].[O-2].[O-2].[O-2].[O-2].[O-2].[O-2].[O-2].[O-2].[O-2].[O-2].[O-2].[O-2].[O-2].[O-2].[O-2].[O-2].[O-2].[O-2].[O-2].[O-2].[O-2].[O-2].[O-2].[O-2].[O-2].[O-2].c1cc(-c2cc[nH+]cc2)cc[nH+]1.c1cc(-c2cc[nH+]cc2)cc[nH+]1.c1cc(-c2cc[nH+]cc2)cc[nH+]1. The van der Waals surface area contributed by atoms with Gasteiger partial charge in [-0.3, -0.25) is 0 Å². The van der Waals surface area contributed by atoms with Crippen LogP contribution in [0.4, 0.5) is 0 Å². The van der Waals surface area contributed by atoms with Gasteiger partial charge in [0.1, 0.15) is 0 Å². The molecule has 88 heteroatoms. The molecule has 0 bridgehead atoms. The van der Waals surface area contributed by atoms with Gasteiger partial charge < -0.3 is 296 Å². The van der Waals surface area contributed by atoms with Crippen molar-refractivity contribution in [2.45, 2.75) is 0 Å². The molecule has 0 fully saturated rings. The van der Waals surface area contributed by atoms with Crippen LogP contribution >= 0.6 is 0 Å². The largest absolute Gasteiger partial charge is 2.00 e. The van der Waals surface area contributed by atoms with E-state index in [0.717, 1.165) is 0 Å². The third-order valence-corrected chi connectivity index (χ3v) is 5.31. The Morgan fingerprint density at radius 3 is 0.195 bits per heavy atom. The molecule has 6 heterocycles. The van der Waals surface area contributed by atoms with Crippen molar-refractivity contribution in [3.63, 3.8) is 0 Å². The summed E-state index contributed by atoms with van der Waals surface area (Å²) in [6.45, 7) is 0. The van der Waals surface area contributed by atoms with Crippen LogP contribution in [0.3, 0.4) is 0 Å². The van der Waals surface area contributed by atoms with Crippen LogP contribution in [0.2, 0.25) is 0 Å². The number of nitrogens with one attached hydrogen (secondary N) is 6. The summed E-state index contributed by atoms with van der Waals surface area (Å²) in [4.78, 5) is 18.0. The molecule has 6 aromatic heterocycles. The Kier molecular flexibility index (Phi) is 2400. The second-order valence-corrected chi connectivity index (χ2v) is 12.4. The third-order valence-electron chi connectivity index (χ3n) is 5.31. The summed E-state index contributed by atoms with van der Waals surface area (Å²) >= 11 is -11.8. The molecule has 778 valence electrons. The predicted octanol–water partition coefficient (Wildman–Crippen LogP) is -11.6. The van der Waals surface area contributed by atoms with E-state index in [2.05, 4.69) is 103 Å². The maximum Gasteiger partial charge on any atom is 0.167 e. The van der Waals surface area contributed by atoms with Crippen molar-refractivity contribution in [3.8, 4) is 33.4 Å². The first-order chi connectivity index (χ1) is 21.9. The van der Waals surface area contributed by atoms with Gasteiger partial charge in [0.05, 0.1) is 0 Å².